The monoisotopic (exact) mass is 433 g/mol. The van der Waals surface area contributed by atoms with E-state index in [1.54, 1.807) is 60.7 Å². The van der Waals surface area contributed by atoms with E-state index in [2.05, 4.69) is 5.32 Å². The highest BCUT2D eigenvalue weighted by Crippen LogP contribution is 2.24. The summed E-state index contributed by atoms with van der Waals surface area (Å²) in [6.45, 7) is -0.790. The van der Waals surface area contributed by atoms with Gasteiger partial charge in [0.1, 0.15) is 11.3 Å². The number of hydrogen-bond acceptors (Lipinski definition) is 7. The molecule has 0 unspecified atom stereocenters. The summed E-state index contributed by atoms with van der Waals surface area (Å²) in [4.78, 5) is 48.4. The topological polar surface area (TPSA) is 121 Å². The lowest BCUT2D eigenvalue weighted by Crippen LogP contribution is -2.47. The highest BCUT2D eigenvalue weighted by Gasteiger charge is 2.28. The molecular weight excluding hydrogens is 414 g/mol. The molecule has 0 saturated heterocycles. The minimum absolute atomic E-state index is 0.0411. The van der Waals surface area contributed by atoms with E-state index in [1.807, 2.05) is 0 Å². The van der Waals surface area contributed by atoms with E-state index in [-0.39, 0.29) is 16.0 Å². The number of benzene rings is 2. The van der Waals surface area contributed by atoms with Crippen LogP contribution in [-0.4, -0.2) is 56.0 Å². The van der Waals surface area contributed by atoms with Gasteiger partial charge in [0.15, 0.2) is 0 Å². The van der Waals surface area contributed by atoms with Crippen molar-refractivity contribution in [2.75, 3.05) is 12.4 Å². The Hall–Kier alpha value is -2.62. The molecule has 3 N–H and O–H groups in total. The van der Waals surface area contributed by atoms with Gasteiger partial charge in [-0.2, -0.15) is 0 Å². The van der Waals surface area contributed by atoms with Crippen LogP contribution in [0.25, 0.3) is 0 Å². The third-order valence-electron chi connectivity index (χ3n) is 3.72. The van der Waals surface area contributed by atoms with Gasteiger partial charge in [-0.25, -0.2) is 4.79 Å². The van der Waals surface area contributed by atoms with Crippen molar-refractivity contribution in [1.82, 2.24) is 5.32 Å². The number of carbonyl (C=O) groups is 4. The van der Waals surface area contributed by atoms with E-state index in [4.69, 9.17) is 10.2 Å². The maximum atomic E-state index is 12.5. The quantitative estimate of drug-likeness (QED) is 0.550. The van der Waals surface area contributed by atoms with Crippen LogP contribution in [0.15, 0.2) is 60.7 Å². The molecule has 0 radical (unpaired) electrons. The van der Waals surface area contributed by atoms with Gasteiger partial charge in [0.25, 0.3) is 0 Å². The van der Waals surface area contributed by atoms with Crippen LogP contribution in [0, 0.1) is 0 Å². The Morgan fingerprint density at radius 3 is 1.86 bits per heavy atom. The Morgan fingerprint density at radius 1 is 0.862 bits per heavy atom. The summed E-state index contributed by atoms with van der Waals surface area (Å²) in [6.07, 6.45) is 0. The molecule has 2 aromatic carbocycles. The summed E-state index contributed by atoms with van der Waals surface area (Å²) in [5.41, 5.74) is 0.835. The second kappa shape index (κ2) is 11.4. The number of rotatable bonds is 9. The van der Waals surface area contributed by atoms with Crippen molar-refractivity contribution in [3.05, 3.63) is 71.8 Å². The van der Waals surface area contributed by atoms with Crippen LogP contribution in [-0.2, 0) is 9.59 Å². The Morgan fingerprint density at radius 2 is 1.38 bits per heavy atom. The van der Waals surface area contributed by atoms with Crippen molar-refractivity contribution in [3.8, 4) is 0 Å². The Kier molecular flexibility index (Phi) is 8.91. The highest BCUT2D eigenvalue weighted by atomic mass is 32.2. The molecule has 9 heteroatoms. The van der Waals surface area contributed by atoms with Gasteiger partial charge in [-0.1, -0.05) is 84.2 Å². The first-order valence-corrected chi connectivity index (χ1v) is 10.4. The predicted molar refractivity (Wildman–Crippen MR) is 112 cm³/mol. The number of carboxylic acids is 1. The van der Waals surface area contributed by atoms with Crippen LogP contribution < -0.4 is 5.32 Å². The molecule has 0 bridgehead atoms. The lowest BCUT2D eigenvalue weighted by molar-refractivity contribution is -0.142. The molecular formula is C20H19NO6S2. The third-order valence-corrected chi connectivity index (χ3v) is 6.05. The molecule has 0 aliphatic rings. The van der Waals surface area contributed by atoms with Gasteiger partial charge in [-0.3, -0.25) is 14.4 Å². The summed E-state index contributed by atoms with van der Waals surface area (Å²) in [6, 6.07) is 15.3. The minimum Gasteiger partial charge on any atom is -0.480 e. The van der Waals surface area contributed by atoms with Gasteiger partial charge in [0.2, 0.25) is 16.1 Å². The van der Waals surface area contributed by atoms with Gasteiger partial charge < -0.3 is 15.5 Å². The fourth-order valence-electron chi connectivity index (χ4n) is 2.19. The molecule has 0 saturated carbocycles. The molecule has 29 heavy (non-hydrogen) atoms. The average Bonchev–Trinajstić information content (AvgIpc) is 2.75. The zero-order valence-corrected chi connectivity index (χ0v) is 16.8. The number of amides is 1. The molecule has 1 amide bonds. The van der Waals surface area contributed by atoms with Gasteiger partial charge >= 0.3 is 5.97 Å². The first kappa shape index (κ1) is 22.7. The summed E-state index contributed by atoms with van der Waals surface area (Å²) in [5, 5.41) is 18.7. The van der Waals surface area contributed by atoms with Crippen molar-refractivity contribution < 1.29 is 29.4 Å². The van der Waals surface area contributed by atoms with E-state index in [9.17, 15) is 19.2 Å². The Bertz CT molecular complexity index is 860. The first-order valence-electron chi connectivity index (χ1n) is 8.54. The minimum atomic E-state index is -1.49. The van der Waals surface area contributed by atoms with Crippen LogP contribution in [0.2, 0.25) is 0 Å². The molecule has 2 aromatic rings. The Balaban J connectivity index is 2.11. The summed E-state index contributed by atoms with van der Waals surface area (Å²) in [7, 11) is 0. The lowest BCUT2D eigenvalue weighted by Gasteiger charge is -2.18. The molecule has 0 spiro atoms. The molecule has 0 heterocycles. The number of hydrogen-bond donors (Lipinski definition) is 3. The van der Waals surface area contributed by atoms with Gasteiger partial charge in [0, 0.05) is 16.9 Å². The van der Waals surface area contributed by atoms with Gasteiger partial charge in [-0.15, -0.1) is 0 Å². The van der Waals surface area contributed by atoms with E-state index >= 15 is 0 Å². The summed E-state index contributed by atoms with van der Waals surface area (Å²) < 4.78 is 0. The molecule has 0 aliphatic carbocycles. The molecule has 0 fully saturated rings. The van der Waals surface area contributed by atoms with Gasteiger partial charge in [0.05, 0.1) is 6.61 Å². The SMILES string of the molecule is O=C(SC[C@@H](SC(=O)c1ccccc1)C(=O)N[C@@H](CO)C(=O)O)c1ccccc1. The number of aliphatic hydroxyl groups is 1. The number of aliphatic carboxylic acids is 1. The number of nitrogens with one attached hydrogen (secondary N) is 1. The van der Waals surface area contributed by atoms with Crippen molar-refractivity contribution in [2.45, 2.75) is 11.3 Å². The molecule has 0 aliphatic heterocycles. The first-order chi connectivity index (χ1) is 13.9. The van der Waals surface area contributed by atoms with Crippen LogP contribution in [0.3, 0.4) is 0 Å². The predicted octanol–water partition coefficient (Wildman–Crippen LogP) is 2.06. The molecule has 0 aromatic heterocycles. The fraction of sp³-hybridized carbons (Fsp3) is 0.200. The van der Waals surface area contributed by atoms with Crippen LogP contribution >= 0.6 is 23.5 Å². The number of aliphatic hydroxyl groups excluding tert-OH is 1. The Labute approximate surface area is 175 Å². The standard InChI is InChI=1S/C20H19NO6S2/c22-11-15(18(24)25)21-17(23)16(29-20(27)14-9-5-2-6-10-14)12-28-19(26)13-7-3-1-4-8-13/h1-10,15-16,22H,11-12H2,(H,21,23)(H,24,25)/t15-,16+/m0/s1. The van der Waals surface area contributed by atoms with E-state index < -0.39 is 29.8 Å². The zero-order valence-electron chi connectivity index (χ0n) is 15.2. The average molecular weight is 434 g/mol. The van der Waals surface area contributed by atoms with Crippen LogP contribution in [0.1, 0.15) is 20.7 Å². The second-order valence-electron chi connectivity index (χ2n) is 5.81. The normalized spacial score (nSPS) is 12.6. The zero-order chi connectivity index (χ0) is 21.2. The second-order valence-corrected chi connectivity index (χ2v) is 7.97. The molecule has 152 valence electrons. The van der Waals surface area contributed by atoms with Crippen molar-refractivity contribution in [3.63, 3.8) is 0 Å². The number of carbonyl (C=O) groups excluding carboxylic acids is 3. The van der Waals surface area contributed by atoms with Crippen LogP contribution in [0.4, 0.5) is 0 Å². The van der Waals surface area contributed by atoms with E-state index in [1.165, 1.54) is 0 Å². The van der Waals surface area contributed by atoms with Gasteiger partial charge in [-0.05, 0) is 0 Å². The fourth-order valence-corrected chi connectivity index (χ4v) is 4.13. The molecule has 7 nitrogen and oxygen atoms in total. The third kappa shape index (κ3) is 7.04. The lowest BCUT2D eigenvalue weighted by atomic mass is 10.2. The van der Waals surface area contributed by atoms with E-state index in [0.717, 1.165) is 11.8 Å². The molecule has 2 rings (SSSR count). The summed E-state index contributed by atoms with van der Waals surface area (Å²) >= 11 is 1.57. The van der Waals surface area contributed by atoms with Crippen molar-refractivity contribution >= 4 is 45.6 Å². The maximum Gasteiger partial charge on any atom is 0.328 e. The number of thioether (sulfide) groups is 2. The maximum absolute atomic E-state index is 12.5. The van der Waals surface area contributed by atoms with Crippen molar-refractivity contribution in [2.24, 2.45) is 0 Å². The summed E-state index contributed by atoms with van der Waals surface area (Å²) in [5.74, 6) is -2.18. The largest absolute Gasteiger partial charge is 0.480 e. The van der Waals surface area contributed by atoms with Crippen LogP contribution in [0.5, 0.6) is 0 Å². The van der Waals surface area contributed by atoms with Crippen molar-refractivity contribution in [1.29, 1.82) is 0 Å². The molecule has 2 atom stereocenters. The highest BCUT2D eigenvalue weighted by molar-refractivity contribution is 8.18. The smallest absolute Gasteiger partial charge is 0.328 e. The number of carboxylic acid groups (broad SMARTS) is 1. The van der Waals surface area contributed by atoms with E-state index in [0.29, 0.717) is 22.9 Å².